The van der Waals surface area contributed by atoms with Crippen LogP contribution in [-0.4, -0.2) is 23.9 Å². The van der Waals surface area contributed by atoms with E-state index in [1.54, 1.807) is 18.2 Å². The van der Waals surface area contributed by atoms with Crippen LogP contribution in [0.25, 0.3) is 6.08 Å². The van der Waals surface area contributed by atoms with E-state index >= 15 is 0 Å². The maximum absolute atomic E-state index is 11.3. The lowest BCUT2D eigenvalue weighted by molar-refractivity contribution is -0.384. The minimum absolute atomic E-state index is 0.0274. The number of carbonyl (C=O) groups is 1. The van der Waals surface area contributed by atoms with Gasteiger partial charge >= 0.3 is 0 Å². The fraction of sp³-hybridized carbons (Fsp3) is 0.250. The van der Waals surface area contributed by atoms with Crippen molar-refractivity contribution in [2.75, 3.05) is 13.1 Å². The molecule has 0 bridgehead atoms. The summed E-state index contributed by atoms with van der Waals surface area (Å²) in [7, 11) is 0. The van der Waals surface area contributed by atoms with Gasteiger partial charge in [-0.1, -0.05) is 0 Å². The minimum atomic E-state index is -0.465. The van der Waals surface area contributed by atoms with Gasteiger partial charge in [-0.15, -0.1) is 0 Å². The monoisotopic (exact) mass is 249 g/mol. The molecule has 1 amide bonds. The normalized spacial score (nSPS) is 10.5. The second kappa shape index (κ2) is 7.18. The van der Waals surface area contributed by atoms with Gasteiger partial charge in [-0.25, -0.2) is 0 Å². The van der Waals surface area contributed by atoms with Gasteiger partial charge in [0, 0.05) is 24.8 Å². The van der Waals surface area contributed by atoms with Crippen LogP contribution in [0.15, 0.2) is 30.3 Å². The van der Waals surface area contributed by atoms with Gasteiger partial charge in [0.25, 0.3) is 5.69 Å². The lowest BCUT2D eigenvalue weighted by Crippen LogP contribution is -2.23. The van der Waals surface area contributed by atoms with Gasteiger partial charge in [0.15, 0.2) is 0 Å². The molecule has 0 aliphatic rings. The van der Waals surface area contributed by atoms with Crippen LogP contribution in [0.5, 0.6) is 0 Å². The largest absolute Gasteiger partial charge is 0.353 e. The van der Waals surface area contributed by atoms with Crippen molar-refractivity contribution in [1.29, 1.82) is 0 Å². The summed E-state index contributed by atoms with van der Waals surface area (Å²) < 4.78 is 0. The fourth-order valence-corrected chi connectivity index (χ4v) is 1.25. The van der Waals surface area contributed by atoms with Crippen molar-refractivity contribution in [3.05, 3.63) is 46.0 Å². The first-order valence-corrected chi connectivity index (χ1v) is 5.54. The summed E-state index contributed by atoms with van der Waals surface area (Å²) in [5.74, 6) is -0.207. The Balaban J connectivity index is 2.51. The lowest BCUT2D eigenvalue weighted by atomic mass is 10.2. The van der Waals surface area contributed by atoms with Crippen LogP contribution in [0.1, 0.15) is 12.0 Å². The van der Waals surface area contributed by atoms with E-state index in [1.165, 1.54) is 18.2 Å². The molecular formula is C12H15N3O3. The van der Waals surface area contributed by atoms with Crippen molar-refractivity contribution in [2.45, 2.75) is 6.42 Å². The Labute approximate surface area is 105 Å². The third kappa shape index (κ3) is 4.75. The van der Waals surface area contributed by atoms with Gasteiger partial charge in [0.05, 0.1) is 4.92 Å². The molecule has 0 fully saturated rings. The summed E-state index contributed by atoms with van der Waals surface area (Å²) in [4.78, 5) is 21.3. The maximum atomic E-state index is 11.3. The van der Waals surface area contributed by atoms with E-state index in [0.29, 0.717) is 13.1 Å². The second-order valence-electron chi connectivity index (χ2n) is 3.62. The Morgan fingerprint density at radius 3 is 2.61 bits per heavy atom. The fourth-order valence-electron chi connectivity index (χ4n) is 1.25. The Bertz CT molecular complexity index is 440. The molecule has 0 radical (unpaired) electrons. The van der Waals surface area contributed by atoms with E-state index in [0.717, 1.165) is 12.0 Å². The van der Waals surface area contributed by atoms with Gasteiger partial charge in [-0.2, -0.15) is 0 Å². The van der Waals surface area contributed by atoms with Gasteiger partial charge in [-0.05, 0) is 36.7 Å². The SMILES string of the molecule is NCCCNC(=O)C=Cc1ccc([N+](=O)[O-])cc1. The van der Waals surface area contributed by atoms with Gasteiger partial charge in [0.1, 0.15) is 0 Å². The Morgan fingerprint density at radius 1 is 1.39 bits per heavy atom. The van der Waals surface area contributed by atoms with Gasteiger partial charge < -0.3 is 11.1 Å². The summed E-state index contributed by atoms with van der Waals surface area (Å²) in [5.41, 5.74) is 6.05. The molecule has 1 aromatic carbocycles. The van der Waals surface area contributed by atoms with Crippen LogP contribution in [-0.2, 0) is 4.79 Å². The molecular weight excluding hydrogens is 234 g/mol. The van der Waals surface area contributed by atoms with Crippen LogP contribution in [0, 0.1) is 10.1 Å². The van der Waals surface area contributed by atoms with Crippen LogP contribution in [0.3, 0.4) is 0 Å². The predicted octanol–water partition coefficient (Wildman–Crippen LogP) is 1.07. The van der Waals surface area contributed by atoms with Crippen molar-refractivity contribution in [2.24, 2.45) is 5.73 Å². The molecule has 6 heteroatoms. The highest BCUT2D eigenvalue weighted by molar-refractivity contribution is 5.91. The molecule has 0 saturated heterocycles. The summed E-state index contributed by atoms with van der Waals surface area (Å²) in [5, 5.41) is 13.1. The lowest BCUT2D eigenvalue weighted by Gasteiger charge is -1.99. The smallest absolute Gasteiger partial charge is 0.269 e. The number of nitro benzene ring substituents is 1. The van der Waals surface area contributed by atoms with Gasteiger partial charge in [0.2, 0.25) is 5.91 Å². The molecule has 0 atom stereocenters. The van der Waals surface area contributed by atoms with Crippen LogP contribution in [0.2, 0.25) is 0 Å². The third-order valence-electron chi connectivity index (χ3n) is 2.21. The predicted molar refractivity (Wildman–Crippen MR) is 68.8 cm³/mol. The maximum Gasteiger partial charge on any atom is 0.269 e. The second-order valence-corrected chi connectivity index (χ2v) is 3.62. The van der Waals surface area contributed by atoms with E-state index in [9.17, 15) is 14.9 Å². The summed E-state index contributed by atoms with van der Waals surface area (Å²) in [6.07, 6.45) is 3.72. The number of amides is 1. The highest BCUT2D eigenvalue weighted by Crippen LogP contribution is 2.12. The van der Waals surface area contributed by atoms with Crippen molar-refractivity contribution in [3.63, 3.8) is 0 Å². The number of benzene rings is 1. The third-order valence-corrected chi connectivity index (χ3v) is 2.21. The molecule has 0 heterocycles. The first kappa shape index (κ1) is 13.9. The average Bonchev–Trinajstić information content (AvgIpc) is 2.37. The van der Waals surface area contributed by atoms with Crippen LogP contribution < -0.4 is 11.1 Å². The minimum Gasteiger partial charge on any atom is -0.353 e. The number of hydrogen-bond donors (Lipinski definition) is 2. The number of hydrogen-bond acceptors (Lipinski definition) is 4. The first-order valence-electron chi connectivity index (χ1n) is 5.54. The number of nitro groups is 1. The van der Waals surface area contributed by atoms with Crippen molar-refractivity contribution in [1.82, 2.24) is 5.32 Å². The molecule has 96 valence electrons. The highest BCUT2D eigenvalue weighted by atomic mass is 16.6. The summed E-state index contributed by atoms with van der Waals surface area (Å²) in [6, 6.07) is 5.96. The quantitative estimate of drug-likeness (QED) is 0.341. The van der Waals surface area contributed by atoms with Gasteiger partial charge in [-0.3, -0.25) is 14.9 Å². The highest BCUT2D eigenvalue weighted by Gasteiger charge is 2.02. The van der Waals surface area contributed by atoms with E-state index in [1.807, 2.05) is 0 Å². The van der Waals surface area contributed by atoms with Crippen molar-refractivity contribution in [3.8, 4) is 0 Å². The summed E-state index contributed by atoms with van der Waals surface area (Å²) in [6.45, 7) is 1.08. The summed E-state index contributed by atoms with van der Waals surface area (Å²) >= 11 is 0. The molecule has 1 rings (SSSR count). The number of nitrogens with zero attached hydrogens (tertiary/aromatic N) is 1. The van der Waals surface area contributed by atoms with Crippen molar-refractivity contribution >= 4 is 17.7 Å². The molecule has 0 saturated carbocycles. The van der Waals surface area contributed by atoms with Crippen molar-refractivity contribution < 1.29 is 9.72 Å². The zero-order valence-corrected chi connectivity index (χ0v) is 9.83. The molecule has 0 aliphatic heterocycles. The van der Waals surface area contributed by atoms with E-state index in [4.69, 9.17) is 5.73 Å². The zero-order chi connectivity index (χ0) is 13.4. The number of nitrogens with one attached hydrogen (secondary N) is 1. The number of carbonyl (C=O) groups excluding carboxylic acids is 1. The first-order chi connectivity index (χ1) is 8.63. The molecule has 1 aromatic rings. The number of rotatable bonds is 6. The molecule has 18 heavy (non-hydrogen) atoms. The molecule has 3 N–H and O–H groups in total. The average molecular weight is 249 g/mol. The molecule has 0 unspecified atom stereocenters. The van der Waals surface area contributed by atoms with E-state index in [2.05, 4.69) is 5.32 Å². The zero-order valence-electron chi connectivity index (χ0n) is 9.83. The number of nitrogens with two attached hydrogens (primary N) is 1. The molecule has 0 aromatic heterocycles. The Morgan fingerprint density at radius 2 is 2.06 bits per heavy atom. The Kier molecular flexibility index (Phi) is 5.53. The van der Waals surface area contributed by atoms with Crippen LogP contribution >= 0.6 is 0 Å². The van der Waals surface area contributed by atoms with E-state index < -0.39 is 4.92 Å². The molecule has 0 aliphatic carbocycles. The molecule has 6 nitrogen and oxygen atoms in total. The van der Waals surface area contributed by atoms with E-state index in [-0.39, 0.29) is 11.6 Å². The van der Waals surface area contributed by atoms with Crippen LogP contribution in [0.4, 0.5) is 5.69 Å². The standard InChI is InChI=1S/C12H15N3O3/c13-8-1-9-14-12(16)7-4-10-2-5-11(6-3-10)15(17)18/h2-7H,1,8-9,13H2,(H,14,16). The number of non-ortho nitro benzene ring substituents is 1. The molecule has 0 spiro atoms. The topological polar surface area (TPSA) is 98.3 Å². The Hall–Kier alpha value is -2.21.